The third kappa shape index (κ3) is 15.7. The zero-order valence-electron chi connectivity index (χ0n) is 13.7. The van der Waals surface area contributed by atoms with Gasteiger partial charge in [-0.25, -0.2) is 0 Å². The smallest absolute Gasteiger partial charge is 0.550 e. The van der Waals surface area contributed by atoms with Crippen molar-refractivity contribution in [1.29, 1.82) is 0 Å². The second kappa shape index (κ2) is 17.5. The molecule has 4 nitrogen and oxygen atoms in total. The minimum atomic E-state index is -0.893. The molecule has 0 saturated heterocycles. The summed E-state index contributed by atoms with van der Waals surface area (Å²) in [7, 11) is 0. The second-order valence-corrected chi connectivity index (χ2v) is 5.13. The third-order valence-corrected chi connectivity index (χ3v) is 3.46. The quantitative estimate of drug-likeness (QED) is 0.564. The maximum absolute atomic E-state index is 10.3. The fraction of sp³-hybridized carbons (Fsp3) is 0.875. The first-order chi connectivity index (χ1) is 9.44. The van der Waals surface area contributed by atoms with Crippen molar-refractivity contribution in [2.75, 3.05) is 0 Å². The number of carbonyl (C=O) groups excluding carboxylic acids is 2. The number of carbonyl (C=O) groups is 2. The van der Waals surface area contributed by atoms with E-state index in [0.29, 0.717) is 12.8 Å². The van der Waals surface area contributed by atoms with Crippen LogP contribution in [-0.2, 0) is 26.7 Å². The van der Waals surface area contributed by atoms with Crippen LogP contribution in [0.2, 0.25) is 0 Å². The van der Waals surface area contributed by atoms with Gasteiger partial charge >= 0.3 is 17.1 Å². The molecule has 5 heteroatoms. The van der Waals surface area contributed by atoms with Crippen molar-refractivity contribution in [3.05, 3.63) is 0 Å². The molecule has 0 heterocycles. The molecule has 1 radical (unpaired) electrons. The minimum absolute atomic E-state index is 0. The standard InChI is InChI=1S/2C8H16O2.Cu/c2*1-3-5-6-7(4-2)8(9)10;/h2*7H,3-6H2,1-2H3,(H,9,10);/q;;+2/p-2. The van der Waals surface area contributed by atoms with Gasteiger partial charge in [-0.2, -0.15) is 0 Å². The summed E-state index contributed by atoms with van der Waals surface area (Å²) in [5.74, 6) is -2.23. The van der Waals surface area contributed by atoms with Crippen molar-refractivity contribution in [1.82, 2.24) is 0 Å². The van der Waals surface area contributed by atoms with Gasteiger partial charge in [-0.05, 0) is 37.5 Å². The largest absolute Gasteiger partial charge is 2.00 e. The fourth-order valence-electron chi connectivity index (χ4n) is 1.88. The molecule has 0 aliphatic heterocycles. The van der Waals surface area contributed by atoms with Crippen LogP contribution < -0.4 is 10.2 Å². The van der Waals surface area contributed by atoms with Gasteiger partial charge in [0.05, 0.1) is 0 Å². The molecule has 0 saturated carbocycles. The van der Waals surface area contributed by atoms with E-state index in [1.165, 1.54) is 0 Å². The van der Waals surface area contributed by atoms with Gasteiger partial charge in [0, 0.05) is 11.9 Å². The van der Waals surface area contributed by atoms with E-state index in [9.17, 15) is 19.8 Å². The van der Waals surface area contributed by atoms with Gasteiger partial charge in [-0.15, -0.1) is 0 Å². The van der Waals surface area contributed by atoms with E-state index >= 15 is 0 Å². The number of hydrogen-bond acceptors (Lipinski definition) is 4. The Balaban J connectivity index is -0.000000295. The maximum atomic E-state index is 10.3. The molecule has 0 aromatic heterocycles. The number of hydrogen-bond donors (Lipinski definition) is 0. The number of carboxylic acid groups (broad SMARTS) is 2. The Kier molecular flexibility index (Phi) is 21.2. The molecule has 0 bridgehead atoms. The topological polar surface area (TPSA) is 80.3 Å². The Morgan fingerprint density at radius 3 is 1.19 bits per heavy atom. The van der Waals surface area contributed by atoms with E-state index in [-0.39, 0.29) is 28.9 Å². The molecule has 21 heavy (non-hydrogen) atoms. The first kappa shape index (κ1) is 25.4. The molecular weight excluding hydrogens is 320 g/mol. The van der Waals surface area contributed by atoms with Gasteiger partial charge in [0.15, 0.2) is 0 Å². The average Bonchev–Trinajstić information content (AvgIpc) is 2.40. The zero-order valence-corrected chi connectivity index (χ0v) is 14.7. The minimum Gasteiger partial charge on any atom is -0.550 e. The SMILES string of the molecule is CCCCC(CC)C(=O)[O-].CCCCC(CC)C(=O)[O-].[Cu+2]. The van der Waals surface area contributed by atoms with E-state index in [1.807, 2.05) is 13.8 Å². The van der Waals surface area contributed by atoms with Crippen molar-refractivity contribution >= 4 is 11.9 Å². The Morgan fingerprint density at radius 2 is 1.05 bits per heavy atom. The molecule has 0 spiro atoms. The van der Waals surface area contributed by atoms with E-state index in [1.54, 1.807) is 0 Å². The van der Waals surface area contributed by atoms with Crippen LogP contribution in [0.25, 0.3) is 0 Å². The first-order valence-electron chi connectivity index (χ1n) is 7.86. The van der Waals surface area contributed by atoms with E-state index in [2.05, 4.69) is 13.8 Å². The second-order valence-electron chi connectivity index (χ2n) is 5.13. The number of unbranched alkanes of at least 4 members (excludes halogenated alkanes) is 2. The number of aliphatic carboxylic acids is 2. The Bertz CT molecular complexity index is 231. The summed E-state index contributed by atoms with van der Waals surface area (Å²) >= 11 is 0. The molecule has 2 atom stereocenters. The van der Waals surface area contributed by atoms with Crippen molar-refractivity contribution < 1.29 is 36.9 Å². The summed E-state index contributed by atoms with van der Waals surface area (Å²) in [6.07, 6.45) is 7.04. The predicted octanol–water partition coefficient (Wildman–Crippen LogP) is 1.90. The fourth-order valence-corrected chi connectivity index (χ4v) is 1.88. The molecule has 0 aromatic carbocycles. The Hall–Kier alpha value is -0.541. The van der Waals surface area contributed by atoms with Gasteiger partial charge in [0.1, 0.15) is 0 Å². The van der Waals surface area contributed by atoms with E-state index < -0.39 is 11.9 Å². The summed E-state index contributed by atoms with van der Waals surface area (Å²) < 4.78 is 0. The zero-order chi connectivity index (χ0) is 16.0. The van der Waals surface area contributed by atoms with Gasteiger partial charge in [-0.3, -0.25) is 0 Å². The van der Waals surface area contributed by atoms with E-state index in [0.717, 1.165) is 38.5 Å². The predicted molar refractivity (Wildman–Crippen MR) is 76.6 cm³/mol. The first-order valence-corrected chi connectivity index (χ1v) is 7.86. The molecule has 0 N–H and O–H groups in total. The van der Waals surface area contributed by atoms with Crippen LogP contribution in [-0.4, -0.2) is 11.9 Å². The maximum Gasteiger partial charge on any atom is 2.00 e. The molecule has 0 rings (SSSR count). The Labute approximate surface area is 140 Å². The molecule has 0 amide bonds. The van der Waals surface area contributed by atoms with Crippen LogP contribution in [0.15, 0.2) is 0 Å². The van der Waals surface area contributed by atoms with Gasteiger partial charge in [0.2, 0.25) is 0 Å². The van der Waals surface area contributed by atoms with Crippen molar-refractivity contribution in [3.8, 4) is 0 Å². The monoisotopic (exact) mass is 349 g/mol. The van der Waals surface area contributed by atoms with Crippen molar-refractivity contribution in [3.63, 3.8) is 0 Å². The summed E-state index contributed by atoms with van der Waals surface area (Å²) in [5, 5.41) is 20.7. The molecule has 0 aliphatic rings. The van der Waals surface area contributed by atoms with Crippen LogP contribution in [0, 0.1) is 11.8 Å². The van der Waals surface area contributed by atoms with Crippen LogP contribution in [0.3, 0.4) is 0 Å². The summed E-state index contributed by atoms with van der Waals surface area (Å²) in [6.45, 7) is 7.89. The Morgan fingerprint density at radius 1 is 0.762 bits per heavy atom. The van der Waals surface area contributed by atoms with Crippen LogP contribution >= 0.6 is 0 Å². The summed E-state index contributed by atoms with van der Waals surface area (Å²) in [4.78, 5) is 20.7. The summed E-state index contributed by atoms with van der Waals surface area (Å²) in [5.41, 5.74) is 0. The average molecular weight is 350 g/mol. The molecule has 0 fully saturated rings. The summed E-state index contributed by atoms with van der Waals surface area (Å²) in [6, 6.07) is 0. The van der Waals surface area contributed by atoms with Crippen molar-refractivity contribution in [2.45, 2.75) is 79.1 Å². The van der Waals surface area contributed by atoms with Crippen LogP contribution in [0.4, 0.5) is 0 Å². The number of carboxylic acids is 2. The third-order valence-electron chi connectivity index (χ3n) is 3.46. The van der Waals surface area contributed by atoms with Gasteiger partial charge < -0.3 is 19.8 Å². The van der Waals surface area contributed by atoms with E-state index in [4.69, 9.17) is 0 Å². The molecule has 0 aromatic rings. The van der Waals surface area contributed by atoms with Crippen LogP contribution in [0.1, 0.15) is 79.1 Å². The normalized spacial score (nSPS) is 12.4. The molecule has 0 aliphatic carbocycles. The van der Waals surface area contributed by atoms with Crippen LogP contribution in [0.5, 0.6) is 0 Å². The molecular formula is C16H30CuO4. The molecule has 2 unspecified atom stereocenters. The van der Waals surface area contributed by atoms with Crippen molar-refractivity contribution in [2.24, 2.45) is 11.8 Å². The molecule has 129 valence electrons. The van der Waals surface area contributed by atoms with Gasteiger partial charge in [-0.1, -0.05) is 53.4 Å². The van der Waals surface area contributed by atoms with Gasteiger partial charge in [0.25, 0.3) is 0 Å². The number of rotatable bonds is 10.